The molecule has 1 amide bonds. The predicted octanol–water partition coefficient (Wildman–Crippen LogP) is 4.66. The average molecular weight is 637 g/mol. The zero-order valence-electron chi connectivity index (χ0n) is 19.4. The normalized spacial score (nSPS) is 17.6. The third-order valence-electron chi connectivity index (χ3n) is 6.23. The molecule has 0 saturated heterocycles. The number of fused-ring (bicyclic) bond motifs is 1. The van der Waals surface area contributed by atoms with Gasteiger partial charge < -0.3 is 15.7 Å². The Balaban J connectivity index is 1.33. The van der Waals surface area contributed by atoms with E-state index in [1.54, 1.807) is 22.3 Å². The standard InChI is InChI=1S/C24H22F2IN7O2S/c25-14-7-17-18(11-34(37-27)23(17)30-9-14)21-29-10-19(26)22(33-21)31-15-2-1-3-16(8-15)32-24(36)20-6-13(12-35)4-5-28-20/h4-7,9-11,15-16,35H,1-3,8,12H2,(H,32,36)(H,29,31,33). The van der Waals surface area contributed by atoms with E-state index in [1.165, 1.54) is 21.4 Å². The molecule has 5 rings (SSSR count). The van der Waals surface area contributed by atoms with E-state index in [-0.39, 0.29) is 41.9 Å². The third kappa shape index (κ3) is 5.67. The summed E-state index contributed by atoms with van der Waals surface area (Å²) in [5, 5.41) is 16.0. The highest BCUT2D eigenvalue weighted by Gasteiger charge is 2.26. The van der Waals surface area contributed by atoms with Crippen LogP contribution in [0.2, 0.25) is 0 Å². The van der Waals surface area contributed by atoms with Crippen molar-refractivity contribution in [2.24, 2.45) is 0 Å². The number of hydrogen-bond acceptors (Lipinski definition) is 8. The second kappa shape index (κ2) is 11.2. The topological polar surface area (TPSA) is 118 Å². The summed E-state index contributed by atoms with van der Waals surface area (Å²) in [6.07, 6.45) is 8.45. The lowest BCUT2D eigenvalue weighted by Crippen LogP contribution is -2.42. The number of pyridine rings is 2. The Bertz CT molecular complexity index is 1450. The maximum Gasteiger partial charge on any atom is 0.270 e. The van der Waals surface area contributed by atoms with E-state index in [0.717, 1.165) is 31.7 Å². The molecule has 3 N–H and O–H groups in total. The number of aromatic nitrogens is 5. The molecule has 2 atom stereocenters. The van der Waals surface area contributed by atoms with Gasteiger partial charge in [-0.25, -0.2) is 23.7 Å². The summed E-state index contributed by atoms with van der Waals surface area (Å²) in [6, 6.07) is 4.31. The Morgan fingerprint density at radius 3 is 2.84 bits per heavy atom. The first-order valence-corrected chi connectivity index (χ1v) is 14.9. The van der Waals surface area contributed by atoms with E-state index in [2.05, 4.69) is 51.8 Å². The Labute approximate surface area is 227 Å². The van der Waals surface area contributed by atoms with Crippen molar-refractivity contribution in [2.75, 3.05) is 5.32 Å². The monoisotopic (exact) mass is 637 g/mol. The molecule has 1 aliphatic rings. The zero-order valence-corrected chi connectivity index (χ0v) is 22.3. The minimum absolute atomic E-state index is 0.0479. The number of rotatable bonds is 7. The van der Waals surface area contributed by atoms with E-state index >= 15 is 0 Å². The van der Waals surface area contributed by atoms with Crippen LogP contribution in [0.5, 0.6) is 0 Å². The lowest BCUT2D eigenvalue weighted by atomic mass is 9.91. The van der Waals surface area contributed by atoms with Crippen LogP contribution in [-0.2, 0) is 6.61 Å². The van der Waals surface area contributed by atoms with Crippen LogP contribution in [0, 0.1) is 11.6 Å². The maximum absolute atomic E-state index is 14.7. The van der Waals surface area contributed by atoms with Gasteiger partial charge in [0.05, 0.1) is 19.0 Å². The van der Waals surface area contributed by atoms with Crippen LogP contribution in [0.1, 0.15) is 41.7 Å². The molecule has 0 bridgehead atoms. The van der Waals surface area contributed by atoms with Gasteiger partial charge >= 0.3 is 0 Å². The molecule has 2 unspecified atom stereocenters. The minimum Gasteiger partial charge on any atom is -0.392 e. The van der Waals surface area contributed by atoms with Crippen molar-refractivity contribution >= 4 is 53.1 Å². The molecule has 9 nitrogen and oxygen atoms in total. The van der Waals surface area contributed by atoms with Gasteiger partial charge in [0.2, 0.25) is 0 Å². The third-order valence-corrected chi connectivity index (χ3v) is 7.93. The van der Waals surface area contributed by atoms with Gasteiger partial charge in [-0.05, 0) is 49.4 Å². The smallest absolute Gasteiger partial charge is 0.270 e. The summed E-state index contributed by atoms with van der Waals surface area (Å²) in [6.45, 7) is -0.173. The molecule has 4 aromatic heterocycles. The number of carbonyl (C=O) groups excluding carboxylic acids is 1. The number of nitrogens with one attached hydrogen (secondary N) is 2. The Morgan fingerprint density at radius 2 is 2.03 bits per heavy atom. The number of carbonyl (C=O) groups is 1. The molecular weight excluding hydrogens is 615 g/mol. The number of hydrogen-bond donors (Lipinski definition) is 3. The van der Waals surface area contributed by atoms with Gasteiger partial charge in [-0.15, -0.1) is 0 Å². The van der Waals surface area contributed by atoms with Crippen molar-refractivity contribution in [1.82, 2.24) is 29.2 Å². The molecule has 1 aliphatic carbocycles. The second-order valence-electron chi connectivity index (χ2n) is 8.74. The summed E-state index contributed by atoms with van der Waals surface area (Å²) in [7, 11) is 1.37. The molecular formula is C24H22F2IN7O2S. The van der Waals surface area contributed by atoms with Gasteiger partial charge in [0.1, 0.15) is 11.5 Å². The first-order chi connectivity index (χ1) is 17.9. The van der Waals surface area contributed by atoms with Gasteiger partial charge in [0, 0.05) is 65.8 Å². The van der Waals surface area contributed by atoms with Crippen LogP contribution in [0.15, 0.2) is 43.0 Å². The van der Waals surface area contributed by atoms with Crippen LogP contribution in [0.25, 0.3) is 22.4 Å². The fourth-order valence-corrected chi connectivity index (χ4v) is 5.74. The molecule has 4 aromatic rings. The molecule has 13 heteroatoms. The fraction of sp³-hybridized carbons (Fsp3) is 0.292. The van der Waals surface area contributed by atoms with Crippen molar-refractivity contribution < 1.29 is 18.7 Å². The number of aliphatic hydroxyl groups is 1. The van der Waals surface area contributed by atoms with Gasteiger partial charge in [-0.1, -0.05) is 0 Å². The van der Waals surface area contributed by atoms with Crippen molar-refractivity contribution in [3.63, 3.8) is 0 Å². The number of nitrogens with zero attached hydrogens (tertiary/aromatic N) is 5. The first kappa shape index (κ1) is 25.7. The quantitative estimate of drug-likeness (QED) is 0.251. The van der Waals surface area contributed by atoms with Crippen LogP contribution in [-0.4, -0.2) is 47.0 Å². The molecule has 37 heavy (non-hydrogen) atoms. The highest BCUT2D eigenvalue weighted by molar-refractivity contribution is 14.2. The zero-order chi connectivity index (χ0) is 25.9. The van der Waals surface area contributed by atoms with E-state index in [1.807, 2.05) is 0 Å². The van der Waals surface area contributed by atoms with Gasteiger partial charge in [-0.3, -0.25) is 13.8 Å². The minimum atomic E-state index is -0.601. The van der Waals surface area contributed by atoms with Crippen LogP contribution in [0.3, 0.4) is 0 Å². The molecule has 0 aromatic carbocycles. The maximum atomic E-state index is 14.7. The summed E-state index contributed by atoms with van der Waals surface area (Å²) in [5.41, 5.74) is 1.95. The Kier molecular flexibility index (Phi) is 7.81. The number of halogens is 3. The summed E-state index contributed by atoms with van der Waals surface area (Å²) >= 11 is 2.10. The fourth-order valence-electron chi connectivity index (χ4n) is 4.48. The Hall–Kier alpha value is -2.91. The molecule has 1 saturated carbocycles. The number of amides is 1. The molecule has 1 fully saturated rings. The lowest BCUT2D eigenvalue weighted by Gasteiger charge is -2.30. The van der Waals surface area contributed by atoms with E-state index < -0.39 is 11.6 Å². The summed E-state index contributed by atoms with van der Waals surface area (Å²) in [5.74, 6) is -1.11. The first-order valence-electron chi connectivity index (χ1n) is 11.6. The van der Waals surface area contributed by atoms with Crippen molar-refractivity contribution in [3.05, 3.63) is 65.9 Å². The van der Waals surface area contributed by atoms with Gasteiger partial charge in [0.15, 0.2) is 23.1 Å². The Morgan fingerprint density at radius 1 is 1.19 bits per heavy atom. The van der Waals surface area contributed by atoms with Crippen molar-refractivity contribution in [1.29, 1.82) is 0 Å². The molecule has 0 spiro atoms. The predicted molar refractivity (Wildman–Crippen MR) is 145 cm³/mol. The largest absolute Gasteiger partial charge is 0.392 e. The number of aliphatic hydroxyl groups excluding tert-OH is 1. The van der Waals surface area contributed by atoms with E-state index in [9.17, 15) is 18.7 Å². The van der Waals surface area contributed by atoms with Crippen LogP contribution < -0.4 is 10.6 Å². The summed E-state index contributed by atoms with van der Waals surface area (Å²) in [4.78, 5) is 29.5. The van der Waals surface area contributed by atoms with Crippen LogP contribution >= 0.6 is 30.3 Å². The highest BCUT2D eigenvalue weighted by Crippen LogP contribution is 2.33. The summed E-state index contributed by atoms with van der Waals surface area (Å²) < 4.78 is 30.4. The molecule has 4 heterocycles. The second-order valence-corrected chi connectivity index (χ2v) is 10.5. The lowest BCUT2D eigenvalue weighted by molar-refractivity contribution is 0.0921. The van der Waals surface area contributed by atoms with Crippen LogP contribution in [0.4, 0.5) is 14.6 Å². The van der Waals surface area contributed by atoms with E-state index in [4.69, 9.17) is 0 Å². The van der Waals surface area contributed by atoms with Gasteiger partial charge in [0.25, 0.3) is 5.91 Å². The van der Waals surface area contributed by atoms with Crippen molar-refractivity contribution in [3.8, 4) is 11.4 Å². The van der Waals surface area contributed by atoms with E-state index in [0.29, 0.717) is 28.6 Å². The van der Waals surface area contributed by atoms with Gasteiger partial charge in [-0.2, -0.15) is 0 Å². The average Bonchev–Trinajstić information content (AvgIpc) is 3.28. The molecule has 0 aliphatic heterocycles. The molecule has 192 valence electrons. The number of anilines is 1. The SMILES string of the molecule is O=C(NC1CCCC(Nc2nc(-c3cn(SI)c4ncc(F)cc34)ncc2F)C1)c1cc(CO)ccn1. The van der Waals surface area contributed by atoms with Crippen molar-refractivity contribution in [2.45, 2.75) is 44.4 Å². The highest BCUT2D eigenvalue weighted by atomic mass is 127. The molecule has 0 radical (unpaired) electrons.